The van der Waals surface area contributed by atoms with Crippen molar-refractivity contribution >= 4 is 11.6 Å². The van der Waals surface area contributed by atoms with Crippen LogP contribution in [-0.4, -0.2) is 22.5 Å². The number of rotatable bonds is 6. The van der Waals surface area contributed by atoms with Crippen molar-refractivity contribution in [2.75, 3.05) is 12.3 Å². The van der Waals surface area contributed by atoms with Crippen molar-refractivity contribution in [2.45, 2.75) is 13.1 Å². The number of phenolic OH excluding ortho intramolecular Hbond substituents is 1. The molecule has 5 heteroatoms. The molecule has 0 aromatic heterocycles. The van der Waals surface area contributed by atoms with Crippen LogP contribution in [0.3, 0.4) is 0 Å². The number of primary amides is 1. The Morgan fingerprint density at radius 3 is 2.52 bits per heavy atom. The molecule has 2 rings (SSSR count). The van der Waals surface area contributed by atoms with Crippen LogP contribution >= 0.6 is 0 Å². The normalized spacial score (nSPS) is 10.7. The number of benzene rings is 2. The molecule has 110 valence electrons. The van der Waals surface area contributed by atoms with Gasteiger partial charge in [-0.1, -0.05) is 30.3 Å². The van der Waals surface area contributed by atoms with Crippen molar-refractivity contribution in [2.24, 2.45) is 5.73 Å². The van der Waals surface area contributed by atoms with Crippen LogP contribution in [0.2, 0.25) is 0 Å². The summed E-state index contributed by atoms with van der Waals surface area (Å²) in [7, 11) is 0. The van der Waals surface area contributed by atoms with Gasteiger partial charge in [0.25, 0.3) is 0 Å². The highest BCUT2D eigenvalue weighted by molar-refractivity contribution is 5.75. The van der Waals surface area contributed by atoms with Crippen molar-refractivity contribution < 1.29 is 9.90 Å². The highest BCUT2D eigenvalue weighted by Crippen LogP contribution is 2.17. The Labute approximate surface area is 123 Å². The van der Waals surface area contributed by atoms with E-state index in [2.05, 4.69) is 0 Å². The molecule has 0 atom stereocenters. The Kier molecular flexibility index (Phi) is 4.79. The molecular formula is C16H19N3O2. The van der Waals surface area contributed by atoms with Gasteiger partial charge in [-0.25, -0.2) is 0 Å². The summed E-state index contributed by atoms with van der Waals surface area (Å²) in [6, 6.07) is 14.5. The second-order valence-electron chi connectivity index (χ2n) is 4.98. The maximum atomic E-state index is 11.2. The predicted octanol–water partition coefficient (Wildman–Crippen LogP) is 1.46. The van der Waals surface area contributed by atoms with E-state index in [4.69, 9.17) is 11.5 Å². The second kappa shape index (κ2) is 6.76. The zero-order valence-electron chi connectivity index (χ0n) is 11.7. The molecule has 0 aliphatic rings. The third kappa shape index (κ3) is 4.50. The van der Waals surface area contributed by atoms with Crippen molar-refractivity contribution in [3.8, 4) is 5.75 Å². The van der Waals surface area contributed by atoms with E-state index in [0.717, 1.165) is 11.1 Å². The zero-order valence-corrected chi connectivity index (χ0v) is 11.7. The SMILES string of the molecule is NC(=O)CN(Cc1cccc(O)c1)Cc1ccccc1N. The summed E-state index contributed by atoms with van der Waals surface area (Å²) in [5, 5.41) is 9.51. The molecule has 0 radical (unpaired) electrons. The van der Waals surface area contributed by atoms with Crippen LogP contribution in [-0.2, 0) is 17.9 Å². The van der Waals surface area contributed by atoms with Crippen LogP contribution in [0.25, 0.3) is 0 Å². The van der Waals surface area contributed by atoms with Gasteiger partial charge in [-0.05, 0) is 29.3 Å². The lowest BCUT2D eigenvalue weighted by Crippen LogP contribution is -2.33. The maximum Gasteiger partial charge on any atom is 0.231 e. The summed E-state index contributed by atoms with van der Waals surface area (Å²) in [5.41, 5.74) is 13.8. The minimum absolute atomic E-state index is 0.129. The summed E-state index contributed by atoms with van der Waals surface area (Å²) in [4.78, 5) is 13.1. The van der Waals surface area contributed by atoms with Crippen LogP contribution in [0.4, 0.5) is 5.69 Å². The summed E-state index contributed by atoms with van der Waals surface area (Å²) < 4.78 is 0. The number of nitrogens with zero attached hydrogens (tertiary/aromatic N) is 1. The van der Waals surface area contributed by atoms with Crippen LogP contribution in [0.15, 0.2) is 48.5 Å². The topological polar surface area (TPSA) is 92.6 Å². The quantitative estimate of drug-likeness (QED) is 0.701. The molecule has 0 unspecified atom stereocenters. The largest absolute Gasteiger partial charge is 0.508 e. The Bertz CT molecular complexity index is 628. The molecule has 0 aliphatic carbocycles. The first kappa shape index (κ1) is 14.9. The average molecular weight is 285 g/mol. The van der Waals surface area contributed by atoms with Gasteiger partial charge in [0.05, 0.1) is 6.54 Å². The van der Waals surface area contributed by atoms with Gasteiger partial charge >= 0.3 is 0 Å². The minimum Gasteiger partial charge on any atom is -0.508 e. The molecule has 5 nitrogen and oxygen atoms in total. The summed E-state index contributed by atoms with van der Waals surface area (Å²) in [5.74, 6) is -0.199. The number of anilines is 1. The lowest BCUT2D eigenvalue weighted by molar-refractivity contribution is -0.119. The van der Waals surface area contributed by atoms with E-state index in [1.54, 1.807) is 18.2 Å². The number of carbonyl (C=O) groups excluding carboxylic acids is 1. The van der Waals surface area contributed by atoms with Crippen molar-refractivity contribution in [3.63, 3.8) is 0 Å². The predicted molar refractivity (Wildman–Crippen MR) is 82.3 cm³/mol. The lowest BCUT2D eigenvalue weighted by Gasteiger charge is -2.21. The average Bonchev–Trinajstić information content (AvgIpc) is 2.40. The Hall–Kier alpha value is -2.53. The summed E-state index contributed by atoms with van der Waals surface area (Å²) in [6.45, 7) is 1.15. The van der Waals surface area contributed by atoms with Gasteiger partial charge in [0, 0.05) is 18.8 Å². The number of hydrogen-bond acceptors (Lipinski definition) is 4. The number of carbonyl (C=O) groups is 1. The molecule has 0 saturated heterocycles. The number of para-hydroxylation sites is 1. The summed E-state index contributed by atoms with van der Waals surface area (Å²) >= 11 is 0. The first-order chi connectivity index (χ1) is 10.0. The third-order valence-electron chi connectivity index (χ3n) is 3.15. The van der Waals surface area contributed by atoms with Gasteiger partial charge in [0.15, 0.2) is 0 Å². The van der Waals surface area contributed by atoms with Gasteiger partial charge in [0.1, 0.15) is 5.75 Å². The first-order valence-corrected chi connectivity index (χ1v) is 6.66. The van der Waals surface area contributed by atoms with Crippen LogP contribution < -0.4 is 11.5 Å². The molecule has 2 aromatic rings. The molecule has 0 saturated carbocycles. The van der Waals surface area contributed by atoms with Crippen LogP contribution in [0, 0.1) is 0 Å². The Morgan fingerprint density at radius 2 is 1.86 bits per heavy atom. The van der Waals surface area contributed by atoms with Gasteiger partial charge < -0.3 is 16.6 Å². The molecule has 5 N–H and O–H groups in total. The van der Waals surface area contributed by atoms with E-state index in [1.807, 2.05) is 35.2 Å². The lowest BCUT2D eigenvalue weighted by atomic mass is 10.1. The van der Waals surface area contributed by atoms with Crippen molar-refractivity contribution in [3.05, 3.63) is 59.7 Å². The molecule has 0 bridgehead atoms. The number of hydrogen-bond donors (Lipinski definition) is 3. The zero-order chi connectivity index (χ0) is 15.2. The molecule has 21 heavy (non-hydrogen) atoms. The molecule has 2 aromatic carbocycles. The number of nitrogen functional groups attached to an aromatic ring is 1. The van der Waals surface area contributed by atoms with Gasteiger partial charge in [0.2, 0.25) is 5.91 Å². The van der Waals surface area contributed by atoms with Crippen LogP contribution in [0.1, 0.15) is 11.1 Å². The fourth-order valence-corrected chi connectivity index (χ4v) is 2.22. The van der Waals surface area contributed by atoms with E-state index in [-0.39, 0.29) is 12.3 Å². The van der Waals surface area contributed by atoms with E-state index in [0.29, 0.717) is 18.8 Å². The Morgan fingerprint density at radius 1 is 1.10 bits per heavy atom. The second-order valence-corrected chi connectivity index (χ2v) is 4.98. The monoisotopic (exact) mass is 285 g/mol. The maximum absolute atomic E-state index is 11.2. The number of phenols is 1. The van der Waals surface area contributed by atoms with E-state index in [9.17, 15) is 9.90 Å². The standard InChI is InChI=1S/C16H19N3O2/c17-15-7-2-1-5-13(15)10-19(11-16(18)21)9-12-4-3-6-14(20)8-12/h1-8,20H,9-11,17H2,(H2,18,21). The highest BCUT2D eigenvalue weighted by Gasteiger charge is 2.11. The number of nitrogens with two attached hydrogens (primary N) is 2. The number of aromatic hydroxyl groups is 1. The summed E-state index contributed by atoms with van der Waals surface area (Å²) in [6.07, 6.45) is 0. The molecule has 1 amide bonds. The van der Waals surface area contributed by atoms with Gasteiger partial charge in [-0.3, -0.25) is 9.69 Å². The first-order valence-electron chi connectivity index (χ1n) is 6.66. The van der Waals surface area contributed by atoms with Crippen LogP contribution in [0.5, 0.6) is 5.75 Å². The van der Waals surface area contributed by atoms with Crippen molar-refractivity contribution in [1.82, 2.24) is 4.90 Å². The highest BCUT2D eigenvalue weighted by atomic mass is 16.3. The molecule has 0 aliphatic heterocycles. The van der Waals surface area contributed by atoms with E-state index < -0.39 is 5.91 Å². The van der Waals surface area contributed by atoms with Gasteiger partial charge in [-0.2, -0.15) is 0 Å². The molecule has 0 fully saturated rings. The molecule has 0 heterocycles. The molecule has 0 spiro atoms. The molecular weight excluding hydrogens is 266 g/mol. The van der Waals surface area contributed by atoms with E-state index in [1.165, 1.54) is 0 Å². The van der Waals surface area contributed by atoms with Gasteiger partial charge in [-0.15, -0.1) is 0 Å². The number of amides is 1. The Balaban J connectivity index is 2.15. The van der Waals surface area contributed by atoms with E-state index >= 15 is 0 Å². The van der Waals surface area contributed by atoms with Crippen molar-refractivity contribution in [1.29, 1.82) is 0 Å². The smallest absolute Gasteiger partial charge is 0.231 e. The third-order valence-corrected chi connectivity index (χ3v) is 3.15. The fourth-order valence-electron chi connectivity index (χ4n) is 2.22. The minimum atomic E-state index is -0.398. The fraction of sp³-hybridized carbons (Fsp3) is 0.188.